The van der Waals surface area contributed by atoms with Crippen LogP contribution in [0.5, 0.6) is 0 Å². The molecule has 0 unspecified atom stereocenters. The van der Waals surface area contributed by atoms with Gasteiger partial charge in [-0.25, -0.2) is 4.39 Å². The van der Waals surface area contributed by atoms with Gasteiger partial charge in [0.25, 0.3) is 0 Å². The largest absolute Gasteiger partial charge is 0.391 e. The minimum atomic E-state index is -0.980. The second kappa shape index (κ2) is 12.6. The van der Waals surface area contributed by atoms with E-state index in [1.54, 1.807) is 6.07 Å². The van der Waals surface area contributed by atoms with Gasteiger partial charge in [-0.05, 0) is 75.4 Å². The summed E-state index contributed by atoms with van der Waals surface area (Å²) in [5, 5.41) is 15.9. The highest BCUT2D eigenvalue weighted by Crippen LogP contribution is 2.45. The predicted octanol–water partition coefficient (Wildman–Crippen LogP) is 8.62. The summed E-state index contributed by atoms with van der Waals surface area (Å²) in [6.45, 7) is 0.0103. The number of hydrogen-bond donors (Lipinski definition) is 1. The highest BCUT2D eigenvalue weighted by Gasteiger charge is 2.39. The topological polar surface area (TPSA) is 78.2 Å². The Morgan fingerprint density at radius 2 is 1.30 bits per heavy atom. The number of hydrogen-bond acceptors (Lipinski definition) is 3. The Kier molecular flexibility index (Phi) is 8.34. The van der Waals surface area contributed by atoms with Crippen LogP contribution in [0.15, 0.2) is 139 Å². The second-order valence-electron chi connectivity index (χ2n) is 11.0. The van der Waals surface area contributed by atoms with Crippen molar-refractivity contribution in [3.05, 3.63) is 189 Å². The molecular weight excluding hydrogens is 537 g/mol. The maximum atomic E-state index is 14.5. The molecule has 5 nitrogen and oxygen atoms in total. The molecule has 0 aromatic heterocycles. The van der Waals surface area contributed by atoms with Gasteiger partial charge in [-0.15, -0.1) is 0 Å². The van der Waals surface area contributed by atoms with Crippen LogP contribution >= 0.6 is 0 Å². The SMILES string of the molecule is [N-]=[N+]=N[C@@H]1c2cc(F)ccc2Cc2ccccc2[C@H]1C[C@@H](O)COC(c1ccccc1)(c1ccccc1)c1ccccc1. The molecule has 0 bridgehead atoms. The van der Waals surface area contributed by atoms with Gasteiger partial charge in [-0.1, -0.05) is 126 Å². The zero-order valence-corrected chi connectivity index (χ0v) is 23.6. The monoisotopic (exact) mass is 569 g/mol. The Morgan fingerprint density at radius 1 is 0.767 bits per heavy atom. The van der Waals surface area contributed by atoms with Gasteiger partial charge < -0.3 is 9.84 Å². The van der Waals surface area contributed by atoms with Crippen molar-refractivity contribution >= 4 is 0 Å². The standard InChI is InChI=1S/C37H32FN3O2/c38-31-21-20-27-22-26-12-10-11-19-33(26)35(36(40-41-39)34(27)23-31)24-32(42)25-43-37(28-13-4-1-5-14-28,29-15-6-2-7-16-29)30-17-8-3-9-18-30/h1-21,23,32,35-36,42H,22,24-25H2/t32-,35-,36-/m1/s1. The minimum Gasteiger partial charge on any atom is -0.391 e. The van der Waals surface area contributed by atoms with Crippen LogP contribution in [0.3, 0.4) is 0 Å². The van der Waals surface area contributed by atoms with Gasteiger partial charge in [-0.2, -0.15) is 0 Å². The van der Waals surface area contributed by atoms with Crippen LogP contribution in [0, 0.1) is 5.82 Å². The van der Waals surface area contributed by atoms with Crippen LogP contribution in [-0.4, -0.2) is 17.8 Å². The van der Waals surface area contributed by atoms with Crippen molar-refractivity contribution in [2.24, 2.45) is 5.11 Å². The molecular formula is C37H32FN3O2. The molecule has 1 N–H and O–H groups in total. The number of aliphatic hydroxyl groups is 1. The predicted molar refractivity (Wildman–Crippen MR) is 166 cm³/mol. The molecule has 1 aliphatic rings. The molecule has 6 rings (SSSR count). The fraction of sp³-hybridized carbons (Fsp3) is 0.189. The van der Waals surface area contributed by atoms with E-state index in [1.807, 2.05) is 115 Å². The van der Waals surface area contributed by atoms with E-state index in [9.17, 15) is 15.0 Å². The molecule has 0 saturated carbocycles. The lowest BCUT2D eigenvalue weighted by molar-refractivity contribution is -0.0423. The third kappa shape index (κ3) is 5.69. The molecule has 0 heterocycles. The molecule has 0 radical (unpaired) electrons. The zero-order valence-electron chi connectivity index (χ0n) is 23.6. The summed E-state index contributed by atoms with van der Waals surface area (Å²) in [5.41, 5.74) is 15.0. The van der Waals surface area contributed by atoms with E-state index in [0.29, 0.717) is 12.0 Å². The number of azide groups is 1. The molecule has 3 atom stereocenters. The van der Waals surface area contributed by atoms with E-state index in [2.05, 4.69) is 10.0 Å². The Bertz CT molecular complexity index is 1630. The van der Waals surface area contributed by atoms with E-state index in [4.69, 9.17) is 4.74 Å². The average Bonchev–Trinajstić information content (AvgIpc) is 3.17. The van der Waals surface area contributed by atoms with Crippen LogP contribution in [-0.2, 0) is 16.8 Å². The fourth-order valence-corrected chi connectivity index (χ4v) is 6.46. The van der Waals surface area contributed by atoms with Crippen molar-refractivity contribution in [1.82, 2.24) is 0 Å². The maximum Gasteiger partial charge on any atom is 0.143 e. The summed E-state index contributed by atoms with van der Waals surface area (Å²) in [6, 6.07) is 42.0. The smallest absolute Gasteiger partial charge is 0.143 e. The summed E-state index contributed by atoms with van der Waals surface area (Å²) in [4.78, 5) is 3.15. The number of rotatable bonds is 9. The molecule has 5 aromatic rings. The number of benzene rings is 5. The van der Waals surface area contributed by atoms with Crippen LogP contribution in [0.1, 0.15) is 57.3 Å². The first kappa shape index (κ1) is 28.4. The number of nitrogens with zero attached hydrogens (tertiary/aromatic N) is 3. The van der Waals surface area contributed by atoms with E-state index >= 15 is 0 Å². The second-order valence-corrected chi connectivity index (χ2v) is 11.0. The van der Waals surface area contributed by atoms with E-state index < -0.39 is 17.7 Å². The van der Waals surface area contributed by atoms with Crippen LogP contribution in [0.25, 0.3) is 10.4 Å². The zero-order chi connectivity index (χ0) is 29.6. The number of halogens is 1. The van der Waals surface area contributed by atoms with Gasteiger partial charge in [0, 0.05) is 4.91 Å². The van der Waals surface area contributed by atoms with E-state index in [0.717, 1.165) is 33.4 Å². The third-order valence-corrected chi connectivity index (χ3v) is 8.38. The van der Waals surface area contributed by atoms with Gasteiger partial charge in [-0.3, -0.25) is 0 Å². The van der Waals surface area contributed by atoms with Crippen molar-refractivity contribution in [2.75, 3.05) is 6.61 Å². The molecule has 1 aliphatic carbocycles. The molecule has 214 valence electrons. The van der Waals surface area contributed by atoms with Gasteiger partial charge in [0.05, 0.1) is 18.8 Å². The van der Waals surface area contributed by atoms with Crippen LogP contribution in [0.4, 0.5) is 4.39 Å². The highest BCUT2D eigenvalue weighted by molar-refractivity contribution is 5.48. The molecule has 6 heteroatoms. The summed E-state index contributed by atoms with van der Waals surface area (Å²) in [5.74, 6) is -0.767. The van der Waals surface area contributed by atoms with Gasteiger partial charge in [0.2, 0.25) is 0 Å². The van der Waals surface area contributed by atoms with Crippen molar-refractivity contribution in [2.45, 2.75) is 36.5 Å². The average molecular weight is 570 g/mol. The minimum absolute atomic E-state index is 0.0103. The van der Waals surface area contributed by atoms with Crippen LogP contribution in [0.2, 0.25) is 0 Å². The molecule has 0 saturated heterocycles. The summed E-state index contributed by atoms with van der Waals surface area (Å²) in [6.07, 6.45) is -0.0728. The molecule has 0 aliphatic heterocycles. The first-order valence-corrected chi connectivity index (χ1v) is 14.5. The lowest BCUT2D eigenvalue weighted by atomic mass is 9.80. The lowest BCUT2D eigenvalue weighted by Gasteiger charge is -2.37. The van der Waals surface area contributed by atoms with Crippen molar-refractivity contribution in [1.29, 1.82) is 0 Å². The Morgan fingerprint density at radius 3 is 1.88 bits per heavy atom. The summed E-state index contributed by atoms with van der Waals surface area (Å²) < 4.78 is 21.4. The Balaban J connectivity index is 1.38. The molecule has 5 aromatic carbocycles. The first-order chi connectivity index (χ1) is 21.1. The van der Waals surface area contributed by atoms with Crippen molar-refractivity contribution in [3.8, 4) is 0 Å². The normalized spacial score (nSPS) is 16.7. The lowest BCUT2D eigenvalue weighted by Crippen LogP contribution is -2.36. The number of aliphatic hydroxyl groups excluding tert-OH is 1. The van der Waals surface area contributed by atoms with Crippen molar-refractivity contribution in [3.63, 3.8) is 0 Å². The van der Waals surface area contributed by atoms with Gasteiger partial charge in [0.1, 0.15) is 11.4 Å². The van der Waals surface area contributed by atoms with E-state index in [1.165, 1.54) is 12.1 Å². The fourth-order valence-electron chi connectivity index (χ4n) is 6.46. The van der Waals surface area contributed by atoms with Gasteiger partial charge >= 0.3 is 0 Å². The molecule has 0 fully saturated rings. The number of ether oxygens (including phenoxy) is 1. The van der Waals surface area contributed by atoms with Crippen molar-refractivity contribution < 1.29 is 14.2 Å². The molecule has 0 spiro atoms. The molecule has 0 amide bonds. The summed E-state index contributed by atoms with van der Waals surface area (Å²) >= 11 is 0. The van der Waals surface area contributed by atoms with Gasteiger partial charge in [0.15, 0.2) is 0 Å². The third-order valence-electron chi connectivity index (χ3n) is 8.38. The highest BCUT2D eigenvalue weighted by atomic mass is 19.1. The number of fused-ring (bicyclic) bond motifs is 2. The molecule has 43 heavy (non-hydrogen) atoms. The first-order valence-electron chi connectivity index (χ1n) is 14.5. The van der Waals surface area contributed by atoms with Crippen LogP contribution < -0.4 is 0 Å². The maximum absolute atomic E-state index is 14.5. The Labute approximate surface area is 250 Å². The quantitative estimate of drug-likeness (QED) is 0.0835. The Hall–Kier alpha value is -4.74. The van der Waals surface area contributed by atoms with E-state index in [-0.39, 0.29) is 24.8 Å². The summed E-state index contributed by atoms with van der Waals surface area (Å²) in [7, 11) is 0.